The first kappa shape index (κ1) is 16.9. The van der Waals surface area contributed by atoms with Crippen LogP contribution in [0, 0.1) is 0 Å². The molecule has 0 saturated carbocycles. The number of benzene rings is 1. The predicted molar refractivity (Wildman–Crippen MR) is 90.4 cm³/mol. The van der Waals surface area contributed by atoms with E-state index in [1.54, 1.807) is 4.31 Å². The van der Waals surface area contributed by atoms with E-state index in [0.717, 1.165) is 18.4 Å². The van der Waals surface area contributed by atoms with E-state index >= 15 is 0 Å². The number of fused-ring (bicyclic) bond motifs is 2. The van der Waals surface area contributed by atoms with E-state index < -0.39 is 19.9 Å². The van der Waals surface area contributed by atoms with Crippen LogP contribution in [0.3, 0.4) is 0 Å². The summed E-state index contributed by atoms with van der Waals surface area (Å²) in [7, 11) is -6.45. The molecule has 7 heteroatoms. The van der Waals surface area contributed by atoms with Crippen molar-refractivity contribution >= 4 is 19.9 Å². The summed E-state index contributed by atoms with van der Waals surface area (Å²) in [4.78, 5) is 0. The zero-order chi connectivity index (χ0) is 16.7. The number of rotatable bonds is 5. The van der Waals surface area contributed by atoms with Crippen molar-refractivity contribution < 1.29 is 16.8 Å². The summed E-state index contributed by atoms with van der Waals surface area (Å²) in [6, 6.07) is 9.30. The second-order valence-corrected chi connectivity index (χ2v) is 11.0. The Kier molecular flexibility index (Phi) is 4.55. The van der Waals surface area contributed by atoms with Crippen LogP contribution in [0.4, 0.5) is 0 Å². The van der Waals surface area contributed by atoms with Gasteiger partial charge in [-0.2, -0.15) is 4.31 Å². The first-order chi connectivity index (χ1) is 10.8. The van der Waals surface area contributed by atoms with Crippen LogP contribution in [0.5, 0.6) is 0 Å². The number of nitrogens with zero attached hydrogens (tertiary/aromatic N) is 1. The Morgan fingerprint density at radius 3 is 2.09 bits per heavy atom. The zero-order valence-electron chi connectivity index (χ0n) is 13.3. The van der Waals surface area contributed by atoms with Gasteiger partial charge < -0.3 is 0 Å². The fourth-order valence-corrected chi connectivity index (χ4v) is 7.02. The van der Waals surface area contributed by atoms with E-state index in [1.807, 2.05) is 30.3 Å². The van der Waals surface area contributed by atoms with Gasteiger partial charge in [0.1, 0.15) is 9.84 Å². The van der Waals surface area contributed by atoms with Gasteiger partial charge in [0.2, 0.25) is 10.0 Å². The summed E-state index contributed by atoms with van der Waals surface area (Å²) in [5.41, 5.74) is 1.01. The molecule has 23 heavy (non-hydrogen) atoms. The molecule has 1 aromatic carbocycles. The number of aryl methyl sites for hydroxylation is 1. The van der Waals surface area contributed by atoms with Crippen LogP contribution in [0.2, 0.25) is 0 Å². The lowest BCUT2D eigenvalue weighted by Gasteiger charge is -2.37. The molecule has 2 bridgehead atoms. The Morgan fingerprint density at radius 2 is 1.57 bits per heavy atom. The van der Waals surface area contributed by atoms with Gasteiger partial charge in [-0.25, -0.2) is 16.8 Å². The molecule has 5 nitrogen and oxygen atoms in total. The van der Waals surface area contributed by atoms with Crippen molar-refractivity contribution in [3.8, 4) is 0 Å². The predicted octanol–water partition coefficient (Wildman–Crippen LogP) is 1.60. The molecule has 3 rings (SSSR count). The largest absolute Gasteiger partial charge is 0.229 e. The number of piperidine rings is 1. The summed E-state index contributed by atoms with van der Waals surface area (Å²) < 4.78 is 50.7. The van der Waals surface area contributed by atoms with E-state index in [0.29, 0.717) is 19.3 Å². The lowest BCUT2D eigenvalue weighted by molar-refractivity contribution is 0.249. The number of hydrogen-bond donors (Lipinski definition) is 0. The van der Waals surface area contributed by atoms with Gasteiger partial charge in [-0.15, -0.1) is 0 Å². The Hall–Kier alpha value is -0.920. The summed E-state index contributed by atoms with van der Waals surface area (Å²) >= 11 is 0. The van der Waals surface area contributed by atoms with Crippen molar-refractivity contribution in [2.24, 2.45) is 0 Å². The summed E-state index contributed by atoms with van der Waals surface area (Å²) in [5, 5.41) is -0.388. The van der Waals surface area contributed by atoms with Crippen molar-refractivity contribution in [3.63, 3.8) is 0 Å². The van der Waals surface area contributed by atoms with Gasteiger partial charge in [-0.05, 0) is 37.7 Å². The van der Waals surface area contributed by atoms with Gasteiger partial charge in [0, 0.05) is 18.3 Å². The van der Waals surface area contributed by atoms with Crippen molar-refractivity contribution in [2.45, 2.75) is 49.4 Å². The highest BCUT2D eigenvalue weighted by Crippen LogP contribution is 2.40. The topological polar surface area (TPSA) is 71.5 Å². The molecule has 2 aliphatic rings. The Labute approximate surface area is 138 Å². The van der Waals surface area contributed by atoms with E-state index in [-0.39, 0.29) is 23.1 Å². The lowest BCUT2D eigenvalue weighted by atomic mass is 10.1. The van der Waals surface area contributed by atoms with Gasteiger partial charge in [0.05, 0.1) is 11.0 Å². The maximum absolute atomic E-state index is 12.8. The molecule has 1 aromatic rings. The first-order valence-corrected chi connectivity index (χ1v) is 11.6. The monoisotopic (exact) mass is 357 g/mol. The minimum Gasteiger partial charge on any atom is -0.229 e. The molecular formula is C16H23NO4S2. The van der Waals surface area contributed by atoms with Gasteiger partial charge >= 0.3 is 0 Å². The minimum absolute atomic E-state index is 0.0908. The molecule has 2 saturated heterocycles. The van der Waals surface area contributed by atoms with Gasteiger partial charge in [-0.1, -0.05) is 30.3 Å². The molecule has 2 atom stereocenters. The molecule has 2 heterocycles. The van der Waals surface area contributed by atoms with Crippen LogP contribution in [0.25, 0.3) is 0 Å². The summed E-state index contributed by atoms with van der Waals surface area (Å²) in [6.07, 6.45) is 4.20. The van der Waals surface area contributed by atoms with Crippen molar-refractivity contribution in [1.29, 1.82) is 0 Å². The highest BCUT2D eigenvalue weighted by molar-refractivity contribution is 7.91. The molecule has 0 spiro atoms. The normalized spacial score (nSPS) is 28.8. The van der Waals surface area contributed by atoms with Crippen molar-refractivity contribution in [1.82, 2.24) is 4.31 Å². The molecule has 0 amide bonds. The highest BCUT2D eigenvalue weighted by Gasteiger charge is 2.48. The fraction of sp³-hybridized carbons (Fsp3) is 0.625. The highest BCUT2D eigenvalue weighted by atomic mass is 32.2. The van der Waals surface area contributed by atoms with E-state index in [2.05, 4.69) is 0 Å². The molecule has 0 aromatic heterocycles. The van der Waals surface area contributed by atoms with Crippen molar-refractivity contribution in [2.75, 3.05) is 12.0 Å². The van der Waals surface area contributed by atoms with E-state index in [9.17, 15) is 16.8 Å². The molecular weight excluding hydrogens is 334 g/mol. The maximum atomic E-state index is 12.8. The zero-order valence-corrected chi connectivity index (χ0v) is 14.9. The standard InChI is InChI=1S/C16H23NO4S2/c1-22(18,19)16-11-14-7-8-15(12-16)17(14)23(20,21)10-9-13-5-3-2-4-6-13/h2-6,14-16H,7-12H2,1H3. The maximum Gasteiger partial charge on any atom is 0.214 e. The third-order valence-corrected chi connectivity index (χ3v) is 8.60. The number of hydrogen-bond acceptors (Lipinski definition) is 4. The Balaban J connectivity index is 1.72. The van der Waals surface area contributed by atoms with Crippen molar-refractivity contribution in [3.05, 3.63) is 35.9 Å². The van der Waals surface area contributed by atoms with Crippen LogP contribution >= 0.6 is 0 Å². The fourth-order valence-electron chi connectivity index (χ4n) is 3.88. The van der Waals surface area contributed by atoms with Crippen LogP contribution in [-0.4, -0.2) is 50.5 Å². The third kappa shape index (κ3) is 3.61. The minimum atomic E-state index is -3.35. The molecule has 128 valence electrons. The molecule has 2 aliphatic heterocycles. The first-order valence-electron chi connectivity index (χ1n) is 8.01. The molecule has 2 fully saturated rings. The second kappa shape index (κ2) is 6.18. The molecule has 0 N–H and O–H groups in total. The van der Waals surface area contributed by atoms with Crippen LogP contribution in [0.15, 0.2) is 30.3 Å². The molecule has 0 aliphatic carbocycles. The van der Waals surface area contributed by atoms with Crippen LogP contribution in [0.1, 0.15) is 31.2 Å². The quantitative estimate of drug-likeness (QED) is 0.802. The summed E-state index contributed by atoms with van der Waals surface area (Å²) in [6.45, 7) is 0. The van der Waals surface area contributed by atoms with Gasteiger partial charge in [-0.3, -0.25) is 0 Å². The van der Waals surface area contributed by atoms with Gasteiger partial charge in [0.15, 0.2) is 0 Å². The Bertz CT molecular complexity index is 745. The Morgan fingerprint density at radius 1 is 1.00 bits per heavy atom. The van der Waals surface area contributed by atoms with E-state index in [1.165, 1.54) is 6.26 Å². The van der Waals surface area contributed by atoms with Crippen LogP contribution in [-0.2, 0) is 26.3 Å². The summed E-state index contributed by atoms with van der Waals surface area (Å²) in [5.74, 6) is 0.0908. The van der Waals surface area contributed by atoms with E-state index in [4.69, 9.17) is 0 Å². The van der Waals surface area contributed by atoms with Gasteiger partial charge in [0.25, 0.3) is 0 Å². The SMILES string of the molecule is CS(=O)(=O)C1CC2CCC(C1)N2S(=O)(=O)CCc1ccccc1. The van der Waals surface area contributed by atoms with Crippen LogP contribution < -0.4 is 0 Å². The second-order valence-electron chi connectivity index (χ2n) is 6.69. The molecule has 2 unspecified atom stereocenters. The lowest BCUT2D eigenvalue weighted by Crippen LogP contribution is -2.50. The average molecular weight is 357 g/mol. The molecule has 0 radical (unpaired) electrons. The number of sulfone groups is 1. The third-order valence-electron chi connectivity index (χ3n) is 5.04. The number of sulfonamides is 1. The smallest absolute Gasteiger partial charge is 0.214 e. The average Bonchev–Trinajstić information content (AvgIpc) is 2.77.